The van der Waals surface area contributed by atoms with Gasteiger partial charge in [-0.05, 0) is 18.9 Å². The first-order valence-electron chi connectivity index (χ1n) is 5.92. The third kappa shape index (κ3) is 1.72. The molecular weight excluding hydrogens is 220 g/mol. The summed E-state index contributed by atoms with van der Waals surface area (Å²) in [5.74, 6) is -0.677. The van der Waals surface area contributed by atoms with E-state index in [0.717, 1.165) is 0 Å². The lowest BCUT2D eigenvalue weighted by molar-refractivity contribution is -0.145. The lowest BCUT2D eigenvalue weighted by Gasteiger charge is -2.27. The maximum Gasteiger partial charge on any atom is 0.306 e. The first-order valence-corrected chi connectivity index (χ1v) is 5.92. The molecule has 2 saturated carbocycles. The maximum absolute atomic E-state index is 11.7. The second-order valence-corrected chi connectivity index (χ2v) is 4.76. The van der Waals surface area contributed by atoms with Crippen molar-refractivity contribution in [2.24, 2.45) is 11.3 Å². The quantitative estimate of drug-likeness (QED) is 0.549. The smallest absolute Gasteiger partial charge is 0.306 e. The molecule has 4 nitrogen and oxygen atoms in total. The molecule has 0 saturated heterocycles. The van der Waals surface area contributed by atoms with Crippen LogP contribution in [0, 0.1) is 11.3 Å². The summed E-state index contributed by atoms with van der Waals surface area (Å²) in [6.07, 6.45) is 1.33. The minimum absolute atomic E-state index is 0.0765. The van der Waals surface area contributed by atoms with Gasteiger partial charge in [-0.15, -0.1) is 0 Å². The summed E-state index contributed by atoms with van der Waals surface area (Å²) in [7, 11) is 0. The number of ketones is 2. The van der Waals surface area contributed by atoms with Gasteiger partial charge in [0, 0.05) is 24.2 Å². The monoisotopic (exact) mass is 236 g/mol. The predicted molar refractivity (Wildman–Crippen MR) is 60.2 cm³/mol. The average Bonchev–Trinajstić information content (AvgIpc) is 2.69. The summed E-state index contributed by atoms with van der Waals surface area (Å²) in [5, 5.41) is 0. The van der Waals surface area contributed by atoms with Gasteiger partial charge >= 0.3 is 5.97 Å². The molecule has 0 heterocycles. The fourth-order valence-electron chi connectivity index (χ4n) is 3.05. The van der Waals surface area contributed by atoms with Gasteiger partial charge in [-0.1, -0.05) is 6.58 Å². The van der Waals surface area contributed by atoms with Gasteiger partial charge < -0.3 is 4.74 Å². The number of rotatable bonds is 3. The Morgan fingerprint density at radius 2 is 2.24 bits per heavy atom. The van der Waals surface area contributed by atoms with Gasteiger partial charge in [-0.25, -0.2) is 0 Å². The molecule has 0 amide bonds. The third-order valence-electron chi connectivity index (χ3n) is 3.97. The molecule has 2 unspecified atom stereocenters. The number of carbonyl (C=O) groups is 3. The molecule has 2 aliphatic rings. The Bertz CT molecular complexity index is 410. The van der Waals surface area contributed by atoms with Gasteiger partial charge in [0.25, 0.3) is 0 Å². The standard InChI is InChI=1S/C13H16O4/c1-3-17-12(16)7-13-5-4-10(14)9(13)6-11(15)8(13)2/h9H,2-7H2,1H3. The van der Waals surface area contributed by atoms with Crippen LogP contribution in [0.25, 0.3) is 0 Å². The lowest BCUT2D eigenvalue weighted by atomic mass is 9.75. The highest BCUT2D eigenvalue weighted by Gasteiger charge is 2.57. The molecule has 0 aromatic heterocycles. The van der Waals surface area contributed by atoms with Crippen LogP contribution in [0.2, 0.25) is 0 Å². The molecular formula is C13H16O4. The van der Waals surface area contributed by atoms with Gasteiger partial charge in [-0.2, -0.15) is 0 Å². The van der Waals surface area contributed by atoms with Crippen LogP contribution in [0.15, 0.2) is 12.2 Å². The van der Waals surface area contributed by atoms with Crippen LogP contribution in [0.1, 0.15) is 32.6 Å². The Morgan fingerprint density at radius 1 is 1.53 bits per heavy atom. The highest BCUT2D eigenvalue weighted by Crippen LogP contribution is 2.55. The zero-order valence-electron chi connectivity index (χ0n) is 9.95. The number of allylic oxidation sites excluding steroid dienone is 1. The van der Waals surface area contributed by atoms with Crippen molar-refractivity contribution in [2.45, 2.75) is 32.6 Å². The van der Waals surface area contributed by atoms with E-state index in [2.05, 4.69) is 6.58 Å². The summed E-state index contributed by atoms with van der Waals surface area (Å²) in [5.41, 5.74) is -0.193. The zero-order chi connectivity index (χ0) is 12.6. The fraction of sp³-hybridized carbons (Fsp3) is 0.615. The van der Waals surface area contributed by atoms with Crippen molar-refractivity contribution in [3.63, 3.8) is 0 Å². The Morgan fingerprint density at radius 3 is 2.88 bits per heavy atom. The molecule has 2 rings (SSSR count). The van der Waals surface area contributed by atoms with Crippen LogP contribution in [0.3, 0.4) is 0 Å². The number of ether oxygens (including phenoxy) is 1. The van der Waals surface area contributed by atoms with Crippen molar-refractivity contribution in [2.75, 3.05) is 6.61 Å². The van der Waals surface area contributed by atoms with Crippen LogP contribution in [0.4, 0.5) is 0 Å². The van der Waals surface area contributed by atoms with E-state index < -0.39 is 5.41 Å². The molecule has 0 aliphatic heterocycles. The number of fused-ring (bicyclic) bond motifs is 1. The van der Waals surface area contributed by atoms with Gasteiger partial charge in [0.15, 0.2) is 5.78 Å². The molecule has 0 aromatic rings. The topological polar surface area (TPSA) is 60.4 Å². The van der Waals surface area contributed by atoms with E-state index in [9.17, 15) is 14.4 Å². The van der Waals surface area contributed by atoms with Gasteiger partial charge in [0.05, 0.1) is 13.0 Å². The van der Waals surface area contributed by atoms with E-state index >= 15 is 0 Å². The highest BCUT2D eigenvalue weighted by atomic mass is 16.5. The Hall–Kier alpha value is -1.45. The summed E-state index contributed by atoms with van der Waals surface area (Å²) >= 11 is 0. The van der Waals surface area contributed by atoms with Crippen molar-refractivity contribution in [1.29, 1.82) is 0 Å². The van der Waals surface area contributed by atoms with Crippen molar-refractivity contribution in [3.05, 3.63) is 12.2 Å². The van der Waals surface area contributed by atoms with Crippen LogP contribution in [-0.4, -0.2) is 24.1 Å². The molecule has 0 N–H and O–H groups in total. The predicted octanol–water partition coefficient (Wildman–Crippen LogP) is 1.43. The van der Waals surface area contributed by atoms with Gasteiger partial charge in [-0.3, -0.25) is 14.4 Å². The zero-order valence-corrected chi connectivity index (χ0v) is 9.95. The van der Waals surface area contributed by atoms with Crippen molar-refractivity contribution >= 4 is 17.5 Å². The number of esters is 1. The van der Waals surface area contributed by atoms with Crippen molar-refractivity contribution in [3.8, 4) is 0 Å². The van der Waals surface area contributed by atoms with E-state index in [-0.39, 0.29) is 36.3 Å². The normalized spacial score (nSPS) is 31.8. The molecule has 4 heteroatoms. The van der Waals surface area contributed by atoms with E-state index in [1.807, 2.05) is 0 Å². The maximum atomic E-state index is 11.7. The van der Waals surface area contributed by atoms with Gasteiger partial charge in [0.2, 0.25) is 0 Å². The third-order valence-corrected chi connectivity index (χ3v) is 3.97. The first-order chi connectivity index (χ1) is 8.01. The number of hydrogen-bond donors (Lipinski definition) is 0. The average molecular weight is 236 g/mol. The van der Waals surface area contributed by atoms with Crippen LogP contribution >= 0.6 is 0 Å². The van der Waals surface area contributed by atoms with Crippen LogP contribution in [0.5, 0.6) is 0 Å². The van der Waals surface area contributed by atoms with Crippen LogP contribution < -0.4 is 0 Å². The Balaban J connectivity index is 2.26. The molecule has 0 bridgehead atoms. The molecule has 2 fully saturated rings. The fourth-order valence-corrected chi connectivity index (χ4v) is 3.05. The molecule has 2 aliphatic carbocycles. The van der Waals surface area contributed by atoms with E-state index in [1.54, 1.807) is 6.92 Å². The highest BCUT2D eigenvalue weighted by molar-refractivity contribution is 6.06. The molecule has 2 atom stereocenters. The SMILES string of the molecule is C=C1C(=O)CC2C(=O)CCC12CC(=O)OCC. The Labute approximate surface area is 100 Å². The minimum Gasteiger partial charge on any atom is -0.466 e. The lowest BCUT2D eigenvalue weighted by Crippen LogP contribution is -2.28. The molecule has 0 spiro atoms. The minimum atomic E-state index is -0.638. The summed E-state index contributed by atoms with van der Waals surface area (Å²) in [6, 6.07) is 0. The molecule has 92 valence electrons. The Kier molecular flexibility index (Phi) is 2.89. The van der Waals surface area contributed by atoms with E-state index in [4.69, 9.17) is 4.74 Å². The van der Waals surface area contributed by atoms with Crippen LogP contribution in [-0.2, 0) is 19.1 Å². The second kappa shape index (κ2) is 4.09. The largest absolute Gasteiger partial charge is 0.466 e. The molecule has 0 aromatic carbocycles. The molecule has 0 radical (unpaired) electrons. The summed E-state index contributed by atoms with van der Waals surface area (Å²) in [6.45, 7) is 5.84. The first kappa shape index (κ1) is 12.0. The second-order valence-electron chi connectivity index (χ2n) is 4.76. The number of hydrogen-bond acceptors (Lipinski definition) is 4. The summed E-state index contributed by atoms with van der Waals surface area (Å²) < 4.78 is 4.92. The van der Waals surface area contributed by atoms with Gasteiger partial charge in [0.1, 0.15) is 5.78 Å². The number of Topliss-reactive ketones (excluding diaryl/α,β-unsaturated/α-hetero) is 2. The van der Waals surface area contributed by atoms with Crippen molar-refractivity contribution < 1.29 is 19.1 Å². The van der Waals surface area contributed by atoms with Crippen molar-refractivity contribution in [1.82, 2.24) is 0 Å². The molecule has 17 heavy (non-hydrogen) atoms. The van der Waals surface area contributed by atoms with E-state index in [0.29, 0.717) is 25.0 Å². The summed E-state index contributed by atoms with van der Waals surface area (Å²) in [4.78, 5) is 35.0. The number of carbonyl (C=O) groups excluding carboxylic acids is 3. The van der Waals surface area contributed by atoms with E-state index in [1.165, 1.54) is 0 Å².